The predicted molar refractivity (Wildman–Crippen MR) is 160 cm³/mol. The van der Waals surface area contributed by atoms with Gasteiger partial charge in [0.25, 0.3) is 5.56 Å². The number of ether oxygens (including phenoxy) is 4. The molecule has 0 fully saturated rings. The van der Waals surface area contributed by atoms with Crippen molar-refractivity contribution in [1.29, 1.82) is 0 Å². The first-order valence-electron chi connectivity index (χ1n) is 13.6. The smallest absolute Gasteiger partial charge is 0.338 e. The summed E-state index contributed by atoms with van der Waals surface area (Å²) < 4.78 is 29.3. The Balaban J connectivity index is 1.60. The second-order valence-electron chi connectivity index (χ2n) is 9.42. The summed E-state index contributed by atoms with van der Waals surface area (Å²) in [5, 5.41) is 0. The molecular formula is C32H30N2O8S. The van der Waals surface area contributed by atoms with Gasteiger partial charge in [-0.15, -0.1) is 0 Å². The van der Waals surface area contributed by atoms with Crippen LogP contribution in [0.4, 0.5) is 0 Å². The quantitative estimate of drug-likeness (QED) is 0.261. The maximum Gasteiger partial charge on any atom is 0.338 e. The molecule has 0 saturated heterocycles. The van der Waals surface area contributed by atoms with Crippen LogP contribution in [0.5, 0.6) is 11.5 Å². The van der Waals surface area contributed by atoms with E-state index >= 15 is 0 Å². The fourth-order valence-electron chi connectivity index (χ4n) is 4.84. The Morgan fingerprint density at radius 1 is 1.00 bits per heavy atom. The molecule has 10 nitrogen and oxygen atoms in total. The summed E-state index contributed by atoms with van der Waals surface area (Å²) in [6, 6.07) is 14.9. The molecule has 1 atom stereocenters. The molecule has 1 aliphatic heterocycles. The Morgan fingerprint density at radius 3 is 2.44 bits per heavy atom. The summed E-state index contributed by atoms with van der Waals surface area (Å²) in [5.74, 6) is 1.07. The Hall–Kier alpha value is -4.90. The van der Waals surface area contributed by atoms with Crippen molar-refractivity contribution in [2.45, 2.75) is 26.8 Å². The van der Waals surface area contributed by atoms with Gasteiger partial charge in [-0.1, -0.05) is 29.5 Å². The summed E-state index contributed by atoms with van der Waals surface area (Å²) in [4.78, 5) is 44.0. The van der Waals surface area contributed by atoms with E-state index in [2.05, 4.69) is 4.99 Å². The number of esters is 2. The van der Waals surface area contributed by atoms with E-state index in [9.17, 15) is 14.4 Å². The lowest BCUT2D eigenvalue weighted by Gasteiger charge is -2.25. The second-order valence-corrected chi connectivity index (χ2v) is 10.4. The number of carbonyl (C=O) groups excluding carboxylic acids is 2. The van der Waals surface area contributed by atoms with Crippen LogP contribution in [0, 0.1) is 0 Å². The number of hydrogen-bond acceptors (Lipinski definition) is 10. The average Bonchev–Trinajstić information content (AvgIpc) is 3.60. The van der Waals surface area contributed by atoms with Crippen molar-refractivity contribution < 1.29 is 33.0 Å². The minimum atomic E-state index is -0.803. The number of benzene rings is 2. The molecule has 0 bridgehead atoms. The van der Waals surface area contributed by atoms with Gasteiger partial charge >= 0.3 is 11.9 Å². The second kappa shape index (κ2) is 12.5. The monoisotopic (exact) mass is 602 g/mol. The van der Waals surface area contributed by atoms with Crippen molar-refractivity contribution >= 4 is 29.4 Å². The van der Waals surface area contributed by atoms with Crippen LogP contribution in [-0.2, 0) is 14.3 Å². The van der Waals surface area contributed by atoms with E-state index < -0.39 is 18.0 Å². The minimum absolute atomic E-state index is 0.172. The van der Waals surface area contributed by atoms with Gasteiger partial charge in [0.05, 0.1) is 54.8 Å². The maximum atomic E-state index is 13.9. The average molecular weight is 603 g/mol. The van der Waals surface area contributed by atoms with Gasteiger partial charge in [-0.25, -0.2) is 14.6 Å². The van der Waals surface area contributed by atoms with Crippen LogP contribution in [0.25, 0.3) is 17.4 Å². The molecular weight excluding hydrogens is 572 g/mol. The standard InChI is InChI=1S/C32H30N2O8S/c1-6-40-25-16-21(12-14-24(25)38-4)28-27(31(37)41-7-2)18(3)33-32-34(28)29(35)26(43-32)17-22-13-15-23(42-22)19-8-10-20(11-9-19)30(36)39-5/h8-17,28H,6-7H2,1-5H3/b26-17-/t28-/m1/s1. The topological polar surface area (TPSA) is 119 Å². The summed E-state index contributed by atoms with van der Waals surface area (Å²) in [6.07, 6.45) is 1.65. The van der Waals surface area contributed by atoms with Gasteiger partial charge in [0.2, 0.25) is 0 Å². The zero-order valence-corrected chi connectivity index (χ0v) is 25.2. The Kier molecular flexibility index (Phi) is 8.63. The fourth-order valence-corrected chi connectivity index (χ4v) is 5.87. The van der Waals surface area contributed by atoms with Gasteiger partial charge in [-0.05, 0) is 62.7 Å². The van der Waals surface area contributed by atoms with Crippen LogP contribution in [0.1, 0.15) is 48.5 Å². The number of methoxy groups -OCH3 is 2. The Morgan fingerprint density at radius 2 is 1.77 bits per heavy atom. The molecule has 2 aromatic carbocycles. The third-order valence-corrected chi connectivity index (χ3v) is 7.79. The third-order valence-electron chi connectivity index (χ3n) is 6.81. The molecule has 3 heterocycles. The summed E-state index contributed by atoms with van der Waals surface area (Å²) in [5.41, 5.74) is 2.22. The number of fused-ring (bicyclic) bond motifs is 1. The van der Waals surface area contributed by atoms with Crippen molar-refractivity contribution in [3.63, 3.8) is 0 Å². The molecule has 0 radical (unpaired) electrons. The van der Waals surface area contributed by atoms with Crippen LogP contribution in [0.3, 0.4) is 0 Å². The van der Waals surface area contributed by atoms with Gasteiger partial charge < -0.3 is 23.4 Å². The van der Waals surface area contributed by atoms with Gasteiger partial charge in [-0.2, -0.15) is 0 Å². The van der Waals surface area contributed by atoms with E-state index in [4.69, 9.17) is 23.4 Å². The molecule has 2 aromatic heterocycles. The molecule has 0 amide bonds. The van der Waals surface area contributed by atoms with Crippen LogP contribution in [0.15, 0.2) is 80.1 Å². The predicted octanol–water partition coefficient (Wildman–Crippen LogP) is 4.25. The van der Waals surface area contributed by atoms with E-state index in [0.717, 1.165) is 5.56 Å². The molecule has 4 aromatic rings. The first-order valence-corrected chi connectivity index (χ1v) is 14.4. The van der Waals surface area contributed by atoms with Gasteiger partial charge in [0, 0.05) is 11.6 Å². The maximum absolute atomic E-state index is 13.9. The van der Waals surface area contributed by atoms with Gasteiger partial charge in [-0.3, -0.25) is 9.36 Å². The zero-order chi connectivity index (χ0) is 30.7. The van der Waals surface area contributed by atoms with Crippen molar-refractivity contribution in [1.82, 2.24) is 4.57 Å². The molecule has 0 saturated carbocycles. The van der Waals surface area contributed by atoms with E-state index in [1.165, 1.54) is 23.0 Å². The molecule has 222 valence electrons. The van der Waals surface area contributed by atoms with Crippen LogP contribution in [0.2, 0.25) is 0 Å². The zero-order valence-electron chi connectivity index (χ0n) is 24.3. The number of aromatic nitrogens is 1. The molecule has 43 heavy (non-hydrogen) atoms. The number of allylic oxidation sites excluding steroid dienone is 1. The van der Waals surface area contributed by atoms with E-state index in [1.807, 2.05) is 6.92 Å². The molecule has 1 aliphatic rings. The number of furan rings is 1. The lowest BCUT2D eigenvalue weighted by Crippen LogP contribution is -2.39. The van der Waals surface area contributed by atoms with Crippen LogP contribution >= 0.6 is 11.3 Å². The molecule has 0 unspecified atom stereocenters. The van der Waals surface area contributed by atoms with Crippen molar-refractivity contribution in [3.05, 3.63) is 102 Å². The number of nitrogens with zero attached hydrogens (tertiary/aromatic N) is 2. The van der Waals surface area contributed by atoms with E-state index in [-0.39, 0.29) is 17.7 Å². The molecule has 5 rings (SSSR count). The highest BCUT2D eigenvalue weighted by Crippen LogP contribution is 2.36. The van der Waals surface area contributed by atoms with E-state index in [0.29, 0.717) is 55.8 Å². The first kappa shape index (κ1) is 29.6. The molecule has 0 spiro atoms. The van der Waals surface area contributed by atoms with Gasteiger partial charge in [0.1, 0.15) is 11.5 Å². The minimum Gasteiger partial charge on any atom is -0.493 e. The van der Waals surface area contributed by atoms with Gasteiger partial charge in [0.15, 0.2) is 16.3 Å². The van der Waals surface area contributed by atoms with E-state index in [1.54, 1.807) is 81.6 Å². The molecule has 11 heteroatoms. The summed E-state index contributed by atoms with van der Waals surface area (Å²) in [7, 11) is 2.88. The Labute approximate surface area is 251 Å². The molecule has 0 N–H and O–H groups in total. The number of carbonyl (C=O) groups is 2. The number of rotatable bonds is 9. The highest BCUT2D eigenvalue weighted by atomic mass is 32.1. The van der Waals surface area contributed by atoms with Crippen molar-refractivity contribution in [2.75, 3.05) is 27.4 Å². The largest absolute Gasteiger partial charge is 0.493 e. The highest BCUT2D eigenvalue weighted by Gasteiger charge is 2.34. The third kappa shape index (κ3) is 5.76. The Bertz CT molecular complexity index is 1900. The fraction of sp³-hybridized carbons (Fsp3) is 0.250. The SMILES string of the molecule is CCOC(=O)C1=C(C)N=c2s/c(=C\c3ccc(-c4ccc(C(=O)OC)cc4)o3)c(=O)n2[C@@H]1c1ccc(OC)c(OCC)c1. The highest BCUT2D eigenvalue weighted by molar-refractivity contribution is 7.07. The lowest BCUT2D eigenvalue weighted by molar-refractivity contribution is -0.139. The summed E-state index contributed by atoms with van der Waals surface area (Å²) >= 11 is 1.20. The van der Waals surface area contributed by atoms with Crippen LogP contribution < -0.4 is 24.4 Å². The summed E-state index contributed by atoms with van der Waals surface area (Å²) in [6.45, 7) is 5.90. The first-order chi connectivity index (χ1) is 20.8. The van der Waals surface area contributed by atoms with Crippen LogP contribution in [-0.4, -0.2) is 43.9 Å². The molecule has 0 aliphatic carbocycles. The number of thiazole rings is 1. The van der Waals surface area contributed by atoms with Crippen molar-refractivity contribution in [2.24, 2.45) is 4.99 Å². The van der Waals surface area contributed by atoms with Crippen molar-refractivity contribution in [3.8, 4) is 22.8 Å². The normalized spacial score (nSPS) is 14.6. The number of hydrogen-bond donors (Lipinski definition) is 0. The lowest BCUT2D eigenvalue weighted by atomic mass is 9.95.